The van der Waals surface area contributed by atoms with E-state index in [0.29, 0.717) is 10.8 Å². The summed E-state index contributed by atoms with van der Waals surface area (Å²) in [5, 5.41) is 6.88. The average molecular weight is 293 g/mol. The molecule has 0 aliphatic carbocycles. The van der Waals surface area contributed by atoms with Crippen LogP contribution in [0.4, 0.5) is 17.3 Å². The van der Waals surface area contributed by atoms with Crippen molar-refractivity contribution >= 4 is 28.9 Å². The van der Waals surface area contributed by atoms with Gasteiger partial charge < -0.3 is 15.4 Å². The van der Waals surface area contributed by atoms with Gasteiger partial charge in [0.15, 0.2) is 0 Å². The predicted octanol–water partition coefficient (Wildman–Crippen LogP) is 3.54. The summed E-state index contributed by atoms with van der Waals surface area (Å²) in [4.78, 5) is 8.74. The number of hydrogen-bond acceptors (Lipinski definition) is 5. The first kappa shape index (κ1) is 14.4. The Morgan fingerprint density at radius 3 is 2.50 bits per heavy atom. The van der Waals surface area contributed by atoms with Crippen LogP contribution in [0.1, 0.15) is 11.4 Å². The number of nitrogens with zero attached hydrogens (tertiary/aromatic N) is 2. The van der Waals surface area contributed by atoms with Crippen molar-refractivity contribution in [3.05, 3.63) is 34.6 Å². The van der Waals surface area contributed by atoms with Gasteiger partial charge in [0.2, 0.25) is 0 Å². The first-order chi connectivity index (χ1) is 9.55. The summed E-state index contributed by atoms with van der Waals surface area (Å²) < 4.78 is 5.20. The molecule has 2 aromatic rings. The van der Waals surface area contributed by atoms with Gasteiger partial charge in [-0.25, -0.2) is 9.97 Å². The van der Waals surface area contributed by atoms with E-state index >= 15 is 0 Å². The lowest BCUT2D eigenvalue weighted by atomic mass is 10.2. The van der Waals surface area contributed by atoms with E-state index in [1.807, 2.05) is 33.0 Å². The number of ether oxygens (including phenoxy) is 1. The Balaban J connectivity index is 2.42. The molecular formula is C14H17ClN4O. The first-order valence-corrected chi connectivity index (χ1v) is 6.56. The molecule has 1 aromatic carbocycles. The monoisotopic (exact) mass is 292 g/mol. The zero-order chi connectivity index (χ0) is 14.7. The van der Waals surface area contributed by atoms with Gasteiger partial charge in [-0.3, -0.25) is 0 Å². The lowest BCUT2D eigenvalue weighted by molar-refractivity contribution is 0.415. The number of nitrogens with one attached hydrogen (secondary N) is 2. The Morgan fingerprint density at radius 1 is 1.15 bits per heavy atom. The molecule has 0 aliphatic heterocycles. The van der Waals surface area contributed by atoms with Crippen molar-refractivity contribution in [3.8, 4) is 5.75 Å². The van der Waals surface area contributed by atoms with Gasteiger partial charge in [-0.05, 0) is 26.0 Å². The van der Waals surface area contributed by atoms with E-state index in [9.17, 15) is 0 Å². The van der Waals surface area contributed by atoms with E-state index < -0.39 is 0 Å². The highest BCUT2D eigenvalue weighted by Gasteiger charge is 2.10. The van der Waals surface area contributed by atoms with Gasteiger partial charge in [-0.1, -0.05) is 11.6 Å². The highest BCUT2D eigenvalue weighted by atomic mass is 35.5. The van der Waals surface area contributed by atoms with Gasteiger partial charge in [0.1, 0.15) is 23.2 Å². The fourth-order valence-electron chi connectivity index (χ4n) is 1.85. The SMILES string of the molecule is CNc1nc(C)nc(Nc2cc(OC)ccc2Cl)c1C. The summed E-state index contributed by atoms with van der Waals surface area (Å²) in [7, 11) is 3.45. The van der Waals surface area contributed by atoms with Gasteiger partial charge in [-0.15, -0.1) is 0 Å². The smallest absolute Gasteiger partial charge is 0.139 e. The third-order valence-electron chi connectivity index (χ3n) is 2.92. The summed E-state index contributed by atoms with van der Waals surface area (Å²) in [6.07, 6.45) is 0. The minimum Gasteiger partial charge on any atom is -0.497 e. The Labute approximate surface area is 123 Å². The molecule has 106 valence electrons. The van der Waals surface area contributed by atoms with E-state index in [0.717, 1.165) is 28.6 Å². The van der Waals surface area contributed by atoms with Gasteiger partial charge in [0, 0.05) is 18.7 Å². The quantitative estimate of drug-likeness (QED) is 0.902. The minimum atomic E-state index is 0.604. The van der Waals surface area contributed by atoms with Crippen LogP contribution in [0.5, 0.6) is 5.75 Å². The van der Waals surface area contributed by atoms with Crippen molar-refractivity contribution in [2.75, 3.05) is 24.8 Å². The lowest BCUT2D eigenvalue weighted by Gasteiger charge is -2.14. The zero-order valence-corrected chi connectivity index (χ0v) is 12.7. The minimum absolute atomic E-state index is 0.604. The fourth-order valence-corrected chi connectivity index (χ4v) is 2.01. The van der Waals surface area contributed by atoms with Crippen molar-refractivity contribution in [1.82, 2.24) is 9.97 Å². The highest BCUT2D eigenvalue weighted by molar-refractivity contribution is 6.33. The molecule has 0 radical (unpaired) electrons. The molecule has 2 rings (SSSR count). The number of methoxy groups -OCH3 is 1. The molecular weight excluding hydrogens is 276 g/mol. The molecule has 1 heterocycles. The molecule has 0 spiro atoms. The molecule has 2 N–H and O–H groups in total. The number of hydrogen-bond donors (Lipinski definition) is 2. The fraction of sp³-hybridized carbons (Fsp3) is 0.286. The van der Waals surface area contributed by atoms with Crippen LogP contribution in [-0.2, 0) is 0 Å². The molecule has 0 saturated carbocycles. The summed E-state index contributed by atoms with van der Waals surface area (Å²) >= 11 is 6.19. The maximum atomic E-state index is 6.19. The van der Waals surface area contributed by atoms with Crippen LogP contribution < -0.4 is 15.4 Å². The molecule has 0 aliphatic rings. The molecule has 0 saturated heterocycles. The van der Waals surface area contributed by atoms with Crippen LogP contribution in [0.3, 0.4) is 0 Å². The van der Waals surface area contributed by atoms with Crippen LogP contribution in [0.25, 0.3) is 0 Å². The predicted molar refractivity (Wildman–Crippen MR) is 82.3 cm³/mol. The lowest BCUT2D eigenvalue weighted by Crippen LogP contribution is -2.05. The van der Waals surface area contributed by atoms with Crippen molar-refractivity contribution in [2.45, 2.75) is 13.8 Å². The Bertz CT molecular complexity index is 631. The standard InChI is InChI=1S/C14H17ClN4O/c1-8-13(16-3)17-9(2)18-14(8)19-12-7-10(20-4)5-6-11(12)15/h5-7H,1-4H3,(H2,16,17,18,19). The molecule has 0 atom stereocenters. The number of aryl methyl sites for hydroxylation is 1. The van der Waals surface area contributed by atoms with Gasteiger partial charge in [0.25, 0.3) is 0 Å². The number of benzene rings is 1. The van der Waals surface area contributed by atoms with Crippen molar-refractivity contribution < 1.29 is 4.74 Å². The van der Waals surface area contributed by atoms with Crippen LogP contribution >= 0.6 is 11.6 Å². The summed E-state index contributed by atoms with van der Waals surface area (Å²) in [6.45, 7) is 3.79. The molecule has 6 heteroatoms. The molecule has 5 nitrogen and oxygen atoms in total. The van der Waals surface area contributed by atoms with E-state index in [2.05, 4.69) is 20.6 Å². The van der Waals surface area contributed by atoms with Crippen LogP contribution in [0.2, 0.25) is 5.02 Å². The van der Waals surface area contributed by atoms with E-state index in [4.69, 9.17) is 16.3 Å². The van der Waals surface area contributed by atoms with Crippen LogP contribution in [0, 0.1) is 13.8 Å². The van der Waals surface area contributed by atoms with E-state index in [1.54, 1.807) is 13.2 Å². The number of aromatic nitrogens is 2. The summed E-state index contributed by atoms with van der Waals surface area (Å²) in [5.74, 6) is 2.92. The second kappa shape index (κ2) is 5.96. The second-order valence-electron chi connectivity index (χ2n) is 4.31. The highest BCUT2D eigenvalue weighted by Crippen LogP contribution is 2.31. The maximum absolute atomic E-state index is 6.19. The topological polar surface area (TPSA) is 59.1 Å². The average Bonchev–Trinajstić information content (AvgIpc) is 2.44. The summed E-state index contributed by atoms with van der Waals surface area (Å²) in [6, 6.07) is 5.42. The number of rotatable bonds is 4. The zero-order valence-electron chi connectivity index (χ0n) is 11.9. The number of anilines is 3. The molecule has 0 amide bonds. The van der Waals surface area contributed by atoms with Crippen molar-refractivity contribution in [2.24, 2.45) is 0 Å². The van der Waals surface area contributed by atoms with Gasteiger partial charge in [0.05, 0.1) is 17.8 Å². The van der Waals surface area contributed by atoms with Crippen molar-refractivity contribution in [3.63, 3.8) is 0 Å². The van der Waals surface area contributed by atoms with E-state index in [1.165, 1.54) is 0 Å². The molecule has 0 unspecified atom stereocenters. The normalized spacial score (nSPS) is 10.2. The largest absolute Gasteiger partial charge is 0.497 e. The number of halogens is 1. The Kier molecular flexibility index (Phi) is 4.29. The second-order valence-corrected chi connectivity index (χ2v) is 4.72. The first-order valence-electron chi connectivity index (χ1n) is 6.18. The van der Waals surface area contributed by atoms with Crippen LogP contribution in [-0.4, -0.2) is 24.1 Å². The van der Waals surface area contributed by atoms with E-state index in [-0.39, 0.29) is 0 Å². The van der Waals surface area contributed by atoms with Crippen molar-refractivity contribution in [1.29, 1.82) is 0 Å². The van der Waals surface area contributed by atoms with Crippen LogP contribution in [0.15, 0.2) is 18.2 Å². The molecule has 0 fully saturated rings. The molecule has 20 heavy (non-hydrogen) atoms. The Morgan fingerprint density at radius 2 is 1.85 bits per heavy atom. The third-order valence-corrected chi connectivity index (χ3v) is 3.25. The third kappa shape index (κ3) is 2.93. The molecule has 1 aromatic heterocycles. The molecule has 0 bridgehead atoms. The van der Waals surface area contributed by atoms with Gasteiger partial charge in [-0.2, -0.15) is 0 Å². The maximum Gasteiger partial charge on any atom is 0.139 e. The summed E-state index contributed by atoms with van der Waals surface area (Å²) in [5.41, 5.74) is 1.67. The Hall–Kier alpha value is -2.01. The van der Waals surface area contributed by atoms with Gasteiger partial charge >= 0.3 is 0 Å².